The van der Waals surface area contributed by atoms with Crippen molar-refractivity contribution in [3.8, 4) is 0 Å². The Morgan fingerprint density at radius 2 is 2.27 bits per heavy atom. The molecule has 1 aliphatic heterocycles. The van der Waals surface area contributed by atoms with Crippen molar-refractivity contribution in [3.63, 3.8) is 0 Å². The number of carboxylic acid groups (broad SMARTS) is 1. The van der Waals surface area contributed by atoms with Crippen molar-refractivity contribution in [3.05, 3.63) is 34.0 Å². The van der Waals surface area contributed by atoms with Gasteiger partial charge < -0.3 is 14.8 Å². The zero-order valence-electron chi connectivity index (χ0n) is 12.8. The molecule has 0 fully saturated rings. The molecule has 0 aliphatic carbocycles. The second-order valence-electron chi connectivity index (χ2n) is 6.01. The third-order valence-corrected chi connectivity index (χ3v) is 4.81. The maximum absolute atomic E-state index is 11.4. The van der Waals surface area contributed by atoms with Crippen LogP contribution in [-0.4, -0.2) is 22.7 Å². The van der Waals surface area contributed by atoms with Gasteiger partial charge in [-0.15, -0.1) is 0 Å². The summed E-state index contributed by atoms with van der Waals surface area (Å²) in [5.74, 6) is -0.845. The zero-order valence-corrected chi connectivity index (χ0v) is 13.6. The van der Waals surface area contributed by atoms with Gasteiger partial charge in [-0.3, -0.25) is 4.79 Å². The number of halogens is 1. The number of hydrogen-bond donors (Lipinski definition) is 2. The molecule has 0 spiro atoms. The van der Waals surface area contributed by atoms with Crippen LogP contribution in [-0.2, 0) is 21.6 Å². The minimum atomic E-state index is -0.845. The monoisotopic (exact) mass is 321 g/mol. The van der Waals surface area contributed by atoms with Crippen molar-refractivity contribution >= 4 is 28.5 Å². The van der Waals surface area contributed by atoms with E-state index in [1.165, 1.54) is 0 Å². The molecule has 22 heavy (non-hydrogen) atoms. The second-order valence-corrected chi connectivity index (χ2v) is 6.41. The quantitative estimate of drug-likeness (QED) is 0.888. The van der Waals surface area contributed by atoms with Gasteiger partial charge in [0.1, 0.15) is 5.60 Å². The van der Waals surface area contributed by atoms with Crippen molar-refractivity contribution in [2.75, 3.05) is 6.61 Å². The third-order valence-electron chi connectivity index (χ3n) is 4.49. The number of rotatable bonds is 4. The second kappa shape index (κ2) is 5.60. The molecule has 0 radical (unpaired) electrons. The molecule has 1 aromatic heterocycles. The van der Waals surface area contributed by atoms with E-state index >= 15 is 0 Å². The molecule has 118 valence electrons. The van der Waals surface area contributed by atoms with E-state index in [4.69, 9.17) is 16.3 Å². The summed E-state index contributed by atoms with van der Waals surface area (Å²) >= 11 is 6.41. The normalized spacial score (nSPS) is 21.0. The summed E-state index contributed by atoms with van der Waals surface area (Å²) in [5, 5.41) is 11.1. The molecule has 0 bridgehead atoms. The summed E-state index contributed by atoms with van der Waals surface area (Å²) < 4.78 is 6.00. The first kappa shape index (κ1) is 15.4. The predicted molar refractivity (Wildman–Crippen MR) is 86.5 cm³/mol. The van der Waals surface area contributed by atoms with Gasteiger partial charge in [0.05, 0.1) is 29.3 Å². The number of aromatic nitrogens is 1. The van der Waals surface area contributed by atoms with Crippen LogP contribution in [0.25, 0.3) is 10.9 Å². The van der Waals surface area contributed by atoms with Crippen LogP contribution in [0.2, 0.25) is 5.02 Å². The van der Waals surface area contributed by atoms with Crippen molar-refractivity contribution in [1.29, 1.82) is 0 Å². The Hall–Kier alpha value is -1.52. The number of ether oxygens (including phenoxy) is 1. The highest BCUT2D eigenvalue weighted by molar-refractivity contribution is 6.36. The Bertz CT molecular complexity index is 737. The Labute approximate surface area is 134 Å². The van der Waals surface area contributed by atoms with Crippen LogP contribution in [0.4, 0.5) is 0 Å². The number of hydrogen-bond acceptors (Lipinski definition) is 2. The van der Waals surface area contributed by atoms with Gasteiger partial charge in [0.15, 0.2) is 0 Å². The topological polar surface area (TPSA) is 62.3 Å². The standard InChI is InChI=1S/C17H20ClNO3/c1-3-7-17(9-13(20)21)16-11(6-8-22-17)14-12(18)5-4-10(2)15(14)19-16/h4-5,19H,3,6-9H2,1-2H3,(H,20,21). The van der Waals surface area contributed by atoms with Crippen LogP contribution in [0.3, 0.4) is 0 Å². The van der Waals surface area contributed by atoms with Crippen LogP contribution >= 0.6 is 11.6 Å². The molecule has 1 atom stereocenters. The first-order valence-corrected chi connectivity index (χ1v) is 8.02. The van der Waals surface area contributed by atoms with Crippen molar-refractivity contribution < 1.29 is 14.6 Å². The van der Waals surface area contributed by atoms with E-state index in [0.717, 1.165) is 40.6 Å². The number of aliphatic carboxylic acids is 1. The van der Waals surface area contributed by atoms with Crippen molar-refractivity contribution in [2.24, 2.45) is 0 Å². The lowest BCUT2D eigenvalue weighted by Gasteiger charge is -2.36. The lowest BCUT2D eigenvalue weighted by molar-refractivity contribution is -0.149. The van der Waals surface area contributed by atoms with Crippen LogP contribution in [0.15, 0.2) is 12.1 Å². The molecule has 0 saturated carbocycles. The van der Waals surface area contributed by atoms with Crippen molar-refractivity contribution in [1.82, 2.24) is 4.98 Å². The van der Waals surface area contributed by atoms with Crippen LogP contribution in [0.1, 0.15) is 43.0 Å². The molecule has 1 unspecified atom stereocenters. The number of aryl methyl sites for hydroxylation is 1. The van der Waals surface area contributed by atoms with E-state index in [2.05, 4.69) is 4.98 Å². The minimum absolute atomic E-state index is 0.0304. The third kappa shape index (κ3) is 2.31. The molecule has 2 N–H and O–H groups in total. The van der Waals surface area contributed by atoms with Crippen molar-refractivity contribution in [2.45, 2.75) is 45.1 Å². The lowest BCUT2D eigenvalue weighted by Crippen LogP contribution is -2.37. The van der Waals surface area contributed by atoms with Gasteiger partial charge in [0.2, 0.25) is 0 Å². The van der Waals surface area contributed by atoms with E-state index in [1.54, 1.807) is 0 Å². The summed E-state index contributed by atoms with van der Waals surface area (Å²) in [7, 11) is 0. The number of fused-ring (bicyclic) bond motifs is 3. The van der Waals surface area contributed by atoms with Gasteiger partial charge in [0, 0.05) is 5.39 Å². The van der Waals surface area contributed by atoms with Gasteiger partial charge in [0.25, 0.3) is 0 Å². The number of benzene rings is 1. The van der Waals surface area contributed by atoms with Gasteiger partial charge in [-0.05, 0) is 37.0 Å². The molecule has 1 aromatic carbocycles. The molecule has 0 saturated heterocycles. The molecular formula is C17H20ClNO3. The highest BCUT2D eigenvalue weighted by Gasteiger charge is 2.41. The van der Waals surface area contributed by atoms with Gasteiger partial charge in [-0.2, -0.15) is 0 Å². The summed E-state index contributed by atoms with van der Waals surface area (Å²) in [4.78, 5) is 14.8. The van der Waals surface area contributed by atoms with E-state index in [1.807, 2.05) is 26.0 Å². The van der Waals surface area contributed by atoms with Gasteiger partial charge >= 0.3 is 5.97 Å². The fourth-order valence-electron chi connectivity index (χ4n) is 3.60. The van der Waals surface area contributed by atoms with E-state index < -0.39 is 11.6 Å². The molecule has 1 aliphatic rings. The Kier molecular flexibility index (Phi) is 3.91. The summed E-state index contributed by atoms with van der Waals surface area (Å²) in [6.07, 6.45) is 2.26. The number of carboxylic acids is 1. The van der Waals surface area contributed by atoms with Gasteiger partial charge in [-0.25, -0.2) is 0 Å². The fourth-order valence-corrected chi connectivity index (χ4v) is 3.87. The Morgan fingerprint density at radius 1 is 1.50 bits per heavy atom. The van der Waals surface area contributed by atoms with Crippen LogP contribution in [0, 0.1) is 6.92 Å². The fraction of sp³-hybridized carbons (Fsp3) is 0.471. The number of H-pyrrole nitrogens is 1. The highest BCUT2D eigenvalue weighted by atomic mass is 35.5. The number of carbonyl (C=O) groups is 1. The van der Waals surface area contributed by atoms with Crippen LogP contribution < -0.4 is 0 Å². The first-order valence-electron chi connectivity index (χ1n) is 7.64. The minimum Gasteiger partial charge on any atom is -0.481 e. The summed E-state index contributed by atoms with van der Waals surface area (Å²) in [6.45, 7) is 4.60. The average molecular weight is 322 g/mol. The largest absolute Gasteiger partial charge is 0.481 e. The average Bonchev–Trinajstić information content (AvgIpc) is 2.85. The number of nitrogens with one attached hydrogen (secondary N) is 1. The SMILES string of the molecule is CCCC1(CC(=O)O)OCCc2c1[nH]c1c(C)ccc(Cl)c21. The first-order chi connectivity index (χ1) is 10.5. The smallest absolute Gasteiger partial charge is 0.306 e. The maximum Gasteiger partial charge on any atom is 0.306 e. The maximum atomic E-state index is 11.4. The number of aromatic amines is 1. The predicted octanol–water partition coefficient (Wildman–Crippen LogP) is 4.17. The molecule has 2 heterocycles. The molecule has 0 amide bonds. The summed E-state index contributed by atoms with van der Waals surface area (Å²) in [6, 6.07) is 3.88. The molecule has 2 aromatic rings. The molecule has 3 rings (SSSR count). The molecule has 4 nitrogen and oxygen atoms in total. The van der Waals surface area contributed by atoms with Crippen LogP contribution in [0.5, 0.6) is 0 Å². The van der Waals surface area contributed by atoms with Gasteiger partial charge in [-0.1, -0.05) is 31.0 Å². The van der Waals surface area contributed by atoms with E-state index in [-0.39, 0.29) is 6.42 Å². The van der Waals surface area contributed by atoms with E-state index in [9.17, 15) is 9.90 Å². The highest BCUT2D eigenvalue weighted by Crippen LogP contribution is 2.44. The lowest BCUT2D eigenvalue weighted by atomic mass is 9.85. The Morgan fingerprint density at radius 3 is 2.95 bits per heavy atom. The Balaban J connectivity index is 2.27. The van der Waals surface area contributed by atoms with E-state index in [0.29, 0.717) is 18.1 Å². The molecular weight excluding hydrogens is 302 g/mol. The molecule has 5 heteroatoms. The summed E-state index contributed by atoms with van der Waals surface area (Å²) in [5.41, 5.74) is 3.34. The zero-order chi connectivity index (χ0) is 15.9.